The van der Waals surface area contributed by atoms with Gasteiger partial charge < -0.3 is 20.4 Å². The molecule has 0 spiro atoms. The smallest absolute Gasteiger partial charge is 0.259 e. The minimum absolute atomic E-state index is 0.0772. The van der Waals surface area contributed by atoms with Gasteiger partial charge in [0.2, 0.25) is 5.92 Å². The molecule has 0 atom stereocenters. The van der Waals surface area contributed by atoms with Gasteiger partial charge in [0.25, 0.3) is 11.8 Å². The Morgan fingerprint density at radius 1 is 1.25 bits per heavy atom. The SMILES string of the molecule is CN(C)c1nc(N2CCCC(F)(F)CC2)c(C(=O)Nc2ccc3c(c2)C(=O)NC3)cc1Cl. The van der Waals surface area contributed by atoms with Crippen molar-refractivity contribution < 1.29 is 18.4 Å². The molecule has 2 N–H and O–H groups in total. The Morgan fingerprint density at radius 2 is 2.03 bits per heavy atom. The normalized spacial score (nSPS) is 17.4. The van der Waals surface area contributed by atoms with Crippen molar-refractivity contribution in [3.8, 4) is 0 Å². The van der Waals surface area contributed by atoms with E-state index >= 15 is 0 Å². The van der Waals surface area contributed by atoms with Crippen LogP contribution in [0.2, 0.25) is 5.02 Å². The Kier molecular flexibility index (Phi) is 5.94. The van der Waals surface area contributed by atoms with Crippen molar-refractivity contribution in [1.29, 1.82) is 0 Å². The molecule has 0 bridgehead atoms. The number of hydrogen-bond acceptors (Lipinski definition) is 5. The van der Waals surface area contributed by atoms with Gasteiger partial charge in [-0.15, -0.1) is 0 Å². The fourth-order valence-electron chi connectivity index (χ4n) is 3.96. The number of benzene rings is 1. The summed E-state index contributed by atoms with van der Waals surface area (Å²) in [7, 11) is 3.54. The Bertz CT molecular complexity index is 1080. The predicted molar refractivity (Wildman–Crippen MR) is 120 cm³/mol. The van der Waals surface area contributed by atoms with Gasteiger partial charge in [-0.3, -0.25) is 9.59 Å². The predicted octanol–water partition coefficient (Wildman–Crippen LogP) is 3.92. The number of fused-ring (bicyclic) bond motifs is 1. The van der Waals surface area contributed by atoms with E-state index in [1.165, 1.54) is 6.07 Å². The van der Waals surface area contributed by atoms with Crippen LogP contribution in [0.15, 0.2) is 24.3 Å². The van der Waals surface area contributed by atoms with E-state index in [9.17, 15) is 18.4 Å². The molecule has 1 aromatic heterocycles. The number of nitrogens with one attached hydrogen (secondary N) is 2. The molecule has 3 heterocycles. The first-order valence-corrected chi connectivity index (χ1v) is 10.8. The molecule has 1 aromatic carbocycles. The molecule has 1 fully saturated rings. The van der Waals surface area contributed by atoms with Crippen molar-refractivity contribution in [3.63, 3.8) is 0 Å². The zero-order chi connectivity index (χ0) is 23.0. The van der Waals surface area contributed by atoms with Gasteiger partial charge in [0, 0.05) is 57.8 Å². The summed E-state index contributed by atoms with van der Waals surface area (Å²) in [5.74, 6) is -2.65. The number of hydrogen-bond donors (Lipinski definition) is 2. The highest BCUT2D eigenvalue weighted by Gasteiger charge is 2.33. The van der Waals surface area contributed by atoms with Gasteiger partial charge in [-0.25, -0.2) is 13.8 Å². The van der Waals surface area contributed by atoms with Gasteiger partial charge >= 0.3 is 0 Å². The Morgan fingerprint density at radius 3 is 2.78 bits per heavy atom. The molecule has 0 unspecified atom stereocenters. The fourth-order valence-corrected chi connectivity index (χ4v) is 4.28. The molecule has 2 aromatic rings. The molecule has 32 heavy (non-hydrogen) atoms. The summed E-state index contributed by atoms with van der Waals surface area (Å²) in [6.07, 6.45) is -0.221. The van der Waals surface area contributed by atoms with Crippen molar-refractivity contribution in [2.75, 3.05) is 42.3 Å². The van der Waals surface area contributed by atoms with E-state index in [4.69, 9.17) is 11.6 Å². The second-order valence-corrected chi connectivity index (χ2v) is 8.67. The summed E-state index contributed by atoms with van der Waals surface area (Å²) in [5.41, 5.74) is 2.01. The van der Waals surface area contributed by atoms with E-state index in [0.717, 1.165) is 5.56 Å². The molecule has 2 amide bonds. The standard InChI is InChI=1S/C22H24ClF2N5O2/c1-29(2)19-17(23)11-16(18(28-19)30-8-3-6-22(24,25)7-9-30)21(32)27-14-5-4-13-12-26-20(31)15(13)10-14/h4-5,10-11H,3,6-9,12H2,1-2H3,(H,26,31)(H,27,32). The van der Waals surface area contributed by atoms with Gasteiger partial charge in [-0.1, -0.05) is 17.7 Å². The number of pyridine rings is 1. The number of carbonyl (C=O) groups is 2. The molecular formula is C22H24ClF2N5O2. The average molecular weight is 464 g/mol. The summed E-state index contributed by atoms with van der Waals surface area (Å²) >= 11 is 6.38. The first-order chi connectivity index (χ1) is 15.1. The third-order valence-electron chi connectivity index (χ3n) is 5.67. The third kappa shape index (κ3) is 4.48. The van der Waals surface area contributed by atoms with Gasteiger partial charge in [0.05, 0.1) is 10.6 Å². The van der Waals surface area contributed by atoms with E-state index in [2.05, 4.69) is 15.6 Å². The highest BCUT2D eigenvalue weighted by molar-refractivity contribution is 6.33. The van der Waals surface area contributed by atoms with Crippen molar-refractivity contribution in [2.24, 2.45) is 0 Å². The van der Waals surface area contributed by atoms with Crippen molar-refractivity contribution in [1.82, 2.24) is 10.3 Å². The van der Waals surface area contributed by atoms with Crippen LogP contribution in [0.3, 0.4) is 0 Å². The van der Waals surface area contributed by atoms with Crippen molar-refractivity contribution >= 4 is 40.7 Å². The lowest BCUT2D eigenvalue weighted by atomic mass is 10.1. The monoisotopic (exact) mass is 463 g/mol. The molecule has 2 aliphatic heterocycles. The molecule has 1 saturated heterocycles. The van der Waals surface area contributed by atoms with Gasteiger partial charge in [-0.2, -0.15) is 0 Å². The number of carbonyl (C=O) groups excluding carboxylic acids is 2. The van der Waals surface area contributed by atoms with Crippen molar-refractivity contribution in [3.05, 3.63) is 46.0 Å². The van der Waals surface area contributed by atoms with E-state index < -0.39 is 11.8 Å². The number of aromatic nitrogens is 1. The number of halogens is 3. The Hall–Kier alpha value is -2.94. The van der Waals surface area contributed by atoms with E-state index in [-0.39, 0.29) is 42.3 Å². The number of rotatable bonds is 4. The average Bonchev–Trinajstić information content (AvgIpc) is 2.99. The second kappa shape index (κ2) is 8.54. The van der Waals surface area contributed by atoms with Crippen LogP contribution in [0, 0.1) is 0 Å². The van der Waals surface area contributed by atoms with E-state index in [1.54, 1.807) is 42.1 Å². The Balaban J connectivity index is 1.68. The number of nitrogens with zero attached hydrogens (tertiary/aromatic N) is 3. The maximum atomic E-state index is 13.9. The minimum Gasteiger partial charge on any atom is -0.361 e. The molecule has 10 heteroatoms. The molecule has 0 saturated carbocycles. The molecule has 2 aliphatic rings. The lowest BCUT2D eigenvalue weighted by Crippen LogP contribution is -2.30. The van der Waals surface area contributed by atoms with E-state index in [0.29, 0.717) is 36.0 Å². The number of amides is 2. The molecular weight excluding hydrogens is 440 g/mol. The third-order valence-corrected chi connectivity index (χ3v) is 5.95. The maximum absolute atomic E-state index is 13.9. The summed E-state index contributed by atoms with van der Waals surface area (Å²) < 4.78 is 27.8. The molecule has 170 valence electrons. The molecule has 4 rings (SSSR count). The van der Waals surface area contributed by atoms with Gasteiger partial charge in [0.15, 0.2) is 0 Å². The lowest BCUT2D eigenvalue weighted by Gasteiger charge is -2.26. The summed E-state index contributed by atoms with van der Waals surface area (Å²) in [4.78, 5) is 33.1. The quantitative estimate of drug-likeness (QED) is 0.718. The van der Waals surface area contributed by atoms with Crippen LogP contribution in [0.25, 0.3) is 0 Å². The van der Waals surface area contributed by atoms with E-state index in [1.807, 2.05) is 0 Å². The largest absolute Gasteiger partial charge is 0.361 e. The zero-order valence-corrected chi connectivity index (χ0v) is 18.6. The zero-order valence-electron chi connectivity index (χ0n) is 17.8. The van der Waals surface area contributed by atoms with Crippen LogP contribution < -0.4 is 20.4 Å². The minimum atomic E-state index is -2.74. The first-order valence-electron chi connectivity index (χ1n) is 10.4. The topological polar surface area (TPSA) is 77.6 Å². The van der Waals surface area contributed by atoms with Crippen LogP contribution in [-0.4, -0.2) is 49.9 Å². The van der Waals surface area contributed by atoms with Crippen molar-refractivity contribution in [2.45, 2.75) is 31.7 Å². The van der Waals surface area contributed by atoms with Crippen LogP contribution in [-0.2, 0) is 6.54 Å². The van der Waals surface area contributed by atoms with Gasteiger partial charge in [-0.05, 0) is 30.2 Å². The van der Waals surface area contributed by atoms with Gasteiger partial charge in [0.1, 0.15) is 11.6 Å². The molecule has 0 aliphatic carbocycles. The highest BCUT2D eigenvalue weighted by Crippen LogP contribution is 2.34. The highest BCUT2D eigenvalue weighted by atomic mass is 35.5. The lowest BCUT2D eigenvalue weighted by molar-refractivity contribution is -0.0102. The maximum Gasteiger partial charge on any atom is 0.259 e. The summed E-state index contributed by atoms with van der Waals surface area (Å²) in [5, 5.41) is 5.80. The Labute approximate surface area is 189 Å². The van der Waals surface area contributed by atoms with Crippen LogP contribution in [0.4, 0.5) is 26.1 Å². The van der Waals surface area contributed by atoms with Crippen LogP contribution in [0.1, 0.15) is 45.5 Å². The molecule has 0 radical (unpaired) electrons. The fraction of sp³-hybridized carbons (Fsp3) is 0.409. The summed E-state index contributed by atoms with van der Waals surface area (Å²) in [6.45, 7) is 0.891. The number of anilines is 3. The second-order valence-electron chi connectivity index (χ2n) is 8.26. The van der Waals surface area contributed by atoms with Crippen LogP contribution in [0.5, 0.6) is 0 Å². The van der Waals surface area contributed by atoms with Crippen LogP contribution >= 0.6 is 11.6 Å². The first kappa shape index (κ1) is 22.3. The number of alkyl halides is 2. The summed E-state index contributed by atoms with van der Waals surface area (Å²) in [6, 6.07) is 6.62. The molecule has 7 nitrogen and oxygen atoms in total.